The van der Waals surface area contributed by atoms with Crippen LogP contribution >= 0.6 is 0 Å². The van der Waals surface area contributed by atoms with Crippen LogP contribution in [0.1, 0.15) is 32.1 Å². The highest BCUT2D eigenvalue weighted by molar-refractivity contribution is 5.17. The third kappa shape index (κ3) is 3.42. The third-order valence-electron chi connectivity index (χ3n) is 2.42. The van der Waals surface area contributed by atoms with E-state index in [-0.39, 0.29) is 5.54 Å². The molecule has 1 N–H and O–H groups in total. The Labute approximate surface area is 101 Å². The second kappa shape index (κ2) is 4.71. The van der Waals surface area contributed by atoms with Crippen molar-refractivity contribution in [2.45, 2.75) is 39.4 Å². The van der Waals surface area contributed by atoms with Crippen LogP contribution in [-0.4, -0.2) is 20.3 Å². The molecule has 2 heterocycles. The standard InChI is InChI=1S/C12H18N4O/c1-12(2,3)14-6-10-4-5-17-11(10)7-16-9-13-8-15-16/h4-5,8-9,14H,6-7H2,1-3H3. The van der Waals surface area contributed by atoms with Gasteiger partial charge in [-0.3, -0.25) is 0 Å². The van der Waals surface area contributed by atoms with Crippen LogP contribution < -0.4 is 5.32 Å². The van der Waals surface area contributed by atoms with Crippen LogP contribution in [0.3, 0.4) is 0 Å². The minimum Gasteiger partial charge on any atom is -0.467 e. The van der Waals surface area contributed by atoms with Gasteiger partial charge in [-0.15, -0.1) is 0 Å². The van der Waals surface area contributed by atoms with Crippen molar-refractivity contribution in [2.75, 3.05) is 0 Å². The summed E-state index contributed by atoms with van der Waals surface area (Å²) in [5.74, 6) is 0.923. The van der Waals surface area contributed by atoms with E-state index in [1.54, 1.807) is 17.3 Å². The van der Waals surface area contributed by atoms with Crippen LogP contribution in [0.2, 0.25) is 0 Å². The monoisotopic (exact) mass is 234 g/mol. The fraction of sp³-hybridized carbons (Fsp3) is 0.500. The topological polar surface area (TPSA) is 55.9 Å². The molecule has 0 radical (unpaired) electrons. The first-order valence-corrected chi connectivity index (χ1v) is 5.67. The van der Waals surface area contributed by atoms with Gasteiger partial charge < -0.3 is 9.73 Å². The highest BCUT2D eigenvalue weighted by Gasteiger charge is 2.12. The molecule has 5 heteroatoms. The van der Waals surface area contributed by atoms with Crippen molar-refractivity contribution in [3.63, 3.8) is 0 Å². The Hall–Kier alpha value is -1.62. The van der Waals surface area contributed by atoms with Crippen molar-refractivity contribution < 1.29 is 4.42 Å². The molecule has 0 amide bonds. The van der Waals surface area contributed by atoms with Gasteiger partial charge in [0.15, 0.2) is 0 Å². The predicted molar refractivity (Wildman–Crippen MR) is 64.4 cm³/mol. The number of rotatable bonds is 4. The van der Waals surface area contributed by atoms with E-state index >= 15 is 0 Å². The zero-order valence-corrected chi connectivity index (χ0v) is 10.5. The average molecular weight is 234 g/mol. The Kier molecular flexibility index (Phi) is 3.28. The lowest BCUT2D eigenvalue weighted by atomic mass is 10.1. The molecule has 2 aromatic rings. The summed E-state index contributed by atoms with van der Waals surface area (Å²) in [6, 6.07) is 1.99. The summed E-state index contributed by atoms with van der Waals surface area (Å²) in [5.41, 5.74) is 1.26. The van der Waals surface area contributed by atoms with Crippen molar-refractivity contribution in [1.29, 1.82) is 0 Å². The van der Waals surface area contributed by atoms with Crippen LogP contribution in [0.15, 0.2) is 29.4 Å². The molecule has 0 aliphatic rings. The van der Waals surface area contributed by atoms with Crippen LogP contribution in [0.4, 0.5) is 0 Å². The summed E-state index contributed by atoms with van der Waals surface area (Å²) < 4.78 is 7.22. The molecule has 0 bridgehead atoms. The van der Waals surface area contributed by atoms with E-state index in [2.05, 4.69) is 36.2 Å². The first-order chi connectivity index (χ1) is 8.04. The fourth-order valence-corrected chi connectivity index (χ4v) is 1.49. The molecule has 5 nitrogen and oxygen atoms in total. The van der Waals surface area contributed by atoms with Gasteiger partial charge in [0.1, 0.15) is 25.0 Å². The summed E-state index contributed by atoms with van der Waals surface area (Å²) in [7, 11) is 0. The van der Waals surface area contributed by atoms with Crippen molar-refractivity contribution in [3.05, 3.63) is 36.3 Å². The summed E-state index contributed by atoms with van der Waals surface area (Å²) in [6.45, 7) is 7.84. The molecule has 0 saturated carbocycles. The Bertz CT molecular complexity index is 453. The second-order valence-electron chi connectivity index (χ2n) is 5.07. The van der Waals surface area contributed by atoms with Gasteiger partial charge in [0.2, 0.25) is 0 Å². The molecular weight excluding hydrogens is 216 g/mol. The first kappa shape index (κ1) is 11.9. The molecule has 0 aromatic carbocycles. The van der Waals surface area contributed by atoms with E-state index in [0.717, 1.165) is 17.9 Å². The number of aromatic nitrogens is 3. The maximum absolute atomic E-state index is 5.47. The van der Waals surface area contributed by atoms with Gasteiger partial charge >= 0.3 is 0 Å². The van der Waals surface area contributed by atoms with Crippen molar-refractivity contribution in [1.82, 2.24) is 20.1 Å². The minimum atomic E-state index is 0.0990. The number of hydrogen-bond donors (Lipinski definition) is 1. The molecule has 17 heavy (non-hydrogen) atoms. The lowest BCUT2D eigenvalue weighted by Crippen LogP contribution is -2.35. The van der Waals surface area contributed by atoms with Gasteiger partial charge in [0, 0.05) is 17.6 Å². The highest BCUT2D eigenvalue weighted by atomic mass is 16.3. The quantitative estimate of drug-likeness (QED) is 0.876. The number of hydrogen-bond acceptors (Lipinski definition) is 4. The van der Waals surface area contributed by atoms with Gasteiger partial charge in [-0.2, -0.15) is 5.10 Å². The normalized spacial score (nSPS) is 11.9. The second-order valence-corrected chi connectivity index (χ2v) is 5.07. The summed E-state index contributed by atoms with van der Waals surface area (Å²) in [4.78, 5) is 3.91. The maximum atomic E-state index is 5.47. The molecule has 0 aliphatic heterocycles. The minimum absolute atomic E-state index is 0.0990. The zero-order valence-electron chi connectivity index (χ0n) is 10.5. The fourth-order valence-electron chi connectivity index (χ4n) is 1.49. The molecular formula is C12H18N4O. The molecule has 0 fully saturated rings. The molecule has 0 saturated heterocycles. The molecule has 0 spiro atoms. The Balaban J connectivity index is 2.02. The van der Waals surface area contributed by atoms with Crippen LogP contribution in [0, 0.1) is 0 Å². The summed E-state index contributed by atoms with van der Waals surface area (Å²) >= 11 is 0. The average Bonchev–Trinajstić information content (AvgIpc) is 2.86. The molecule has 2 rings (SSSR count). The molecule has 0 aliphatic carbocycles. The Morgan fingerprint density at radius 3 is 2.88 bits per heavy atom. The smallest absolute Gasteiger partial charge is 0.137 e. The Morgan fingerprint density at radius 1 is 1.41 bits per heavy atom. The largest absolute Gasteiger partial charge is 0.467 e. The summed E-state index contributed by atoms with van der Waals surface area (Å²) in [5, 5.41) is 7.51. The van der Waals surface area contributed by atoms with Gasteiger partial charge in [0.25, 0.3) is 0 Å². The van der Waals surface area contributed by atoms with Crippen molar-refractivity contribution >= 4 is 0 Å². The number of nitrogens with one attached hydrogen (secondary N) is 1. The molecule has 0 atom stereocenters. The number of furan rings is 1. The van der Waals surface area contributed by atoms with E-state index in [4.69, 9.17) is 4.42 Å². The molecule has 0 unspecified atom stereocenters. The van der Waals surface area contributed by atoms with E-state index < -0.39 is 0 Å². The van der Waals surface area contributed by atoms with E-state index in [0.29, 0.717) is 6.54 Å². The predicted octanol–water partition coefficient (Wildman–Crippen LogP) is 1.81. The van der Waals surface area contributed by atoms with Gasteiger partial charge in [0.05, 0.1) is 6.26 Å². The molecule has 92 valence electrons. The third-order valence-corrected chi connectivity index (χ3v) is 2.42. The highest BCUT2D eigenvalue weighted by Crippen LogP contribution is 2.13. The van der Waals surface area contributed by atoms with Crippen LogP contribution in [-0.2, 0) is 13.1 Å². The van der Waals surface area contributed by atoms with Crippen LogP contribution in [0.5, 0.6) is 0 Å². The lowest BCUT2D eigenvalue weighted by molar-refractivity contribution is 0.416. The lowest BCUT2D eigenvalue weighted by Gasteiger charge is -2.20. The van der Waals surface area contributed by atoms with Crippen molar-refractivity contribution in [3.8, 4) is 0 Å². The maximum Gasteiger partial charge on any atom is 0.137 e. The molecule has 2 aromatic heterocycles. The SMILES string of the molecule is CC(C)(C)NCc1ccoc1Cn1cncn1. The van der Waals surface area contributed by atoms with E-state index in [9.17, 15) is 0 Å². The van der Waals surface area contributed by atoms with Crippen LogP contribution in [0.25, 0.3) is 0 Å². The summed E-state index contributed by atoms with van der Waals surface area (Å²) in [6.07, 6.45) is 4.92. The Morgan fingerprint density at radius 2 is 2.24 bits per heavy atom. The van der Waals surface area contributed by atoms with Gasteiger partial charge in [-0.05, 0) is 26.8 Å². The van der Waals surface area contributed by atoms with Gasteiger partial charge in [-0.1, -0.05) is 0 Å². The van der Waals surface area contributed by atoms with E-state index in [1.165, 1.54) is 6.33 Å². The van der Waals surface area contributed by atoms with Crippen molar-refractivity contribution in [2.24, 2.45) is 0 Å². The van der Waals surface area contributed by atoms with E-state index in [1.807, 2.05) is 6.07 Å². The first-order valence-electron chi connectivity index (χ1n) is 5.67. The number of nitrogens with zero attached hydrogens (tertiary/aromatic N) is 3. The zero-order chi connectivity index (χ0) is 12.3. The van der Waals surface area contributed by atoms with Gasteiger partial charge in [-0.25, -0.2) is 9.67 Å².